The SMILES string of the molecule is CC(OC(=O)c1cc2occc2[nH]1)OC(=O)C1CCCCC1. The first-order valence-electron chi connectivity index (χ1n) is 7.61. The second-order valence-electron chi connectivity index (χ2n) is 5.63. The van der Waals surface area contributed by atoms with Gasteiger partial charge < -0.3 is 18.9 Å². The average molecular weight is 305 g/mol. The smallest absolute Gasteiger partial charge is 0.357 e. The fraction of sp³-hybridized carbons (Fsp3) is 0.500. The van der Waals surface area contributed by atoms with Crippen molar-refractivity contribution in [1.82, 2.24) is 4.98 Å². The lowest BCUT2D eigenvalue weighted by Gasteiger charge is -2.22. The molecule has 0 amide bonds. The summed E-state index contributed by atoms with van der Waals surface area (Å²) in [5.74, 6) is -0.918. The van der Waals surface area contributed by atoms with E-state index in [0.717, 1.165) is 31.2 Å². The molecule has 1 saturated carbocycles. The number of fused-ring (bicyclic) bond motifs is 1. The van der Waals surface area contributed by atoms with Gasteiger partial charge in [0.2, 0.25) is 6.29 Å². The van der Waals surface area contributed by atoms with Crippen molar-refractivity contribution in [3.8, 4) is 0 Å². The number of rotatable bonds is 4. The molecule has 6 heteroatoms. The highest BCUT2D eigenvalue weighted by Gasteiger charge is 2.25. The Bertz CT molecular complexity index is 636. The minimum absolute atomic E-state index is 0.0669. The van der Waals surface area contributed by atoms with E-state index >= 15 is 0 Å². The summed E-state index contributed by atoms with van der Waals surface area (Å²) in [4.78, 5) is 26.9. The van der Waals surface area contributed by atoms with Crippen molar-refractivity contribution < 1.29 is 23.5 Å². The number of nitrogens with one attached hydrogen (secondary N) is 1. The van der Waals surface area contributed by atoms with Gasteiger partial charge in [0.25, 0.3) is 0 Å². The Morgan fingerprint density at radius 3 is 2.77 bits per heavy atom. The predicted octanol–water partition coefficient (Wildman–Crippen LogP) is 3.39. The molecule has 22 heavy (non-hydrogen) atoms. The summed E-state index contributed by atoms with van der Waals surface area (Å²) >= 11 is 0. The molecule has 1 aliphatic carbocycles. The number of esters is 2. The second-order valence-corrected chi connectivity index (χ2v) is 5.63. The number of carbonyl (C=O) groups excluding carboxylic acids is 2. The van der Waals surface area contributed by atoms with Crippen LogP contribution in [0.4, 0.5) is 0 Å². The fourth-order valence-electron chi connectivity index (χ4n) is 2.79. The third kappa shape index (κ3) is 3.16. The largest absolute Gasteiger partial charge is 0.463 e. The Morgan fingerprint density at radius 2 is 2.05 bits per heavy atom. The Labute approximate surface area is 127 Å². The highest BCUT2D eigenvalue weighted by Crippen LogP contribution is 2.25. The quantitative estimate of drug-likeness (QED) is 0.691. The molecule has 3 rings (SSSR count). The Kier molecular flexibility index (Phi) is 4.18. The van der Waals surface area contributed by atoms with Crippen LogP contribution in [0.2, 0.25) is 0 Å². The van der Waals surface area contributed by atoms with Gasteiger partial charge in [0.05, 0.1) is 17.7 Å². The predicted molar refractivity (Wildman–Crippen MR) is 78.1 cm³/mol. The number of carbonyl (C=O) groups is 2. The van der Waals surface area contributed by atoms with Gasteiger partial charge in [-0.3, -0.25) is 4.79 Å². The maximum absolute atomic E-state index is 12.0. The lowest BCUT2D eigenvalue weighted by molar-refractivity contribution is -0.171. The van der Waals surface area contributed by atoms with Crippen LogP contribution in [0.1, 0.15) is 49.5 Å². The standard InChI is InChI=1S/C16H19NO5/c1-10(21-15(18)11-5-3-2-4-6-11)22-16(19)13-9-14-12(17-13)7-8-20-14/h7-11,17H,2-6H2,1H3. The van der Waals surface area contributed by atoms with Crippen LogP contribution in [-0.2, 0) is 14.3 Å². The molecule has 1 unspecified atom stereocenters. The molecule has 0 aliphatic heterocycles. The van der Waals surface area contributed by atoms with E-state index in [0.29, 0.717) is 5.58 Å². The van der Waals surface area contributed by atoms with Crippen molar-refractivity contribution in [1.29, 1.82) is 0 Å². The van der Waals surface area contributed by atoms with E-state index in [1.54, 1.807) is 19.1 Å². The van der Waals surface area contributed by atoms with Crippen LogP contribution >= 0.6 is 0 Å². The first-order chi connectivity index (χ1) is 10.6. The molecule has 0 bridgehead atoms. The van der Waals surface area contributed by atoms with E-state index < -0.39 is 12.3 Å². The fourth-order valence-corrected chi connectivity index (χ4v) is 2.79. The first kappa shape index (κ1) is 14.7. The number of aromatic nitrogens is 1. The lowest BCUT2D eigenvalue weighted by atomic mass is 9.89. The van der Waals surface area contributed by atoms with Crippen LogP contribution < -0.4 is 0 Å². The zero-order valence-electron chi connectivity index (χ0n) is 12.5. The van der Waals surface area contributed by atoms with E-state index in [2.05, 4.69) is 4.98 Å². The van der Waals surface area contributed by atoms with E-state index in [4.69, 9.17) is 13.9 Å². The van der Waals surface area contributed by atoms with Crippen molar-refractivity contribution in [2.45, 2.75) is 45.3 Å². The van der Waals surface area contributed by atoms with Gasteiger partial charge in [-0.1, -0.05) is 19.3 Å². The summed E-state index contributed by atoms with van der Waals surface area (Å²) in [5.41, 5.74) is 1.58. The third-order valence-electron chi connectivity index (χ3n) is 3.95. The Morgan fingerprint density at radius 1 is 1.27 bits per heavy atom. The molecule has 118 valence electrons. The van der Waals surface area contributed by atoms with Gasteiger partial charge in [0, 0.05) is 19.1 Å². The number of ether oxygens (including phenoxy) is 2. The van der Waals surface area contributed by atoms with Crippen LogP contribution in [0, 0.1) is 5.92 Å². The molecule has 1 fully saturated rings. The van der Waals surface area contributed by atoms with Crippen LogP contribution in [0.3, 0.4) is 0 Å². The van der Waals surface area contributed by atoms with E-state index in [1.165, 1.54) is 12.7 Å². The Balaban J connectivity index is 1.54. The van der Waals surface area contributed by atoms with Crippen LogP contribution in [0.25, 0.3) is 11.1 Å². The summed E-state index contributed by atoms with van der Waals surface area (Å²) in [5, 5.41) is 0. The number of hydrogen-bond acceptors (Lipinski definition) is 5. The van der Waals surface area contributed by atoms with Crippen molar-refractivity contribution in [3.63, 3.8) is 0 Å². The van der Waals surface area contributed by atoms with Gasteiger partial charge in [-0.2, -0.15) is 0 Å². The summed E-state index contributed by atoms with van der Waals surface area (Å²) in [6.45, 7) is 1.55. The zero-order valence-corrected chi connectivity index (χ0v) is 12.5. The molecule has 0 spiro atoms. The molecular weight excluding hydrogens is 286 g/mol. The third-order valence-corrected chi connectivity index (χ3v) is 3.95. The van der Waals surface area contributed by atoms with Gasteiger partial charge in [0.1, 0.15) is 5.69 Å². The second kappa shape index (κ2) is 6.25. The zero-order chi connectivity index (χ0) is 15.5. The van der Waals surface area contributed by atoms with Crippen LogP contribution in [0.5, 0.6) is 0 Å². The number of furan rings is 1. The molecule has 0 radical (unpaired) electrons. The summed E-state index contributed by atoms with van der Waals surface area (Å²) in [7, 11) is 0. The summed E-state index contributed by atoms with van der Waals surface area (Å²) in [6, 6.07) is 3.28. The van der Waals surface area contributed by atoms with Gasteiger partial charge in [-0.05, 0) is 12.8 Å². The minimum atomic E-state index is -0.906. The molecule has 2 aromatic rings. The Hall–Kier alpha value is -2.24. The van der Waals surface area contributed by atoms with Gasteiger partial charge in [-0.15, -0.1) is 0 Å². The number of H-pyrrole nitrogens is 1. The summed E-state index contributed by atoms with van der Waals surface area (Å²) in [6.07, 6.45) is 5.61. The molecule has 2 aromatic heterocycles. The highest BCUT2D eigenvalue weighted by molar-refractivity contribution is 5.93. The number of hydrogen-bond donors (Lipinski definition) is 1. The monoisotopic (exact) mass is 305 g/mol. The molecule has 1 aliphatic rings. The molecule has 2 heterocycles. The van der Waals surface area contributed by atoms with Gasteiger partial charge in [-0.25, -0.2) is 4.79 Å². The van der Waals surface area contributed by atoms with Crippen molar-refractivity contribution >= 4 is 23.0 Å². The van der Waals surface area contributed by atoms with Gasteiger partial charge >= 0.3 is 11.9 Å². The number of aromatic amines is 1. The van der Waals surface area contributed by atoms with E-state index in [1.807, 2.05) is 0 Å². The van der Waals surface area contributed by atoms with Crippen LogP contribution in [0.15, 0.2) is 22.8 Å². The molecule has 6 nitrogen and oxygen atoms in total. The lowest BCUT2D eigenvalue weighted by Crippen LogP contribution is -2.27. The average Bonchev–Trinajstić information content (AvgIpc) is 3.09. The normalized spacial score (nSPS) is 17.3. The maximum Gasteiger partial charge on any atom is 0.357 e. The summed E-state index contributed by atoms with van der Waals surface area (Å²) < 4.78 is 15.5. The van der Waals surface area contributed by atoms with Gasteiger partial charge in [0.15, 0.2) is 5.58 Å². The minimum Gasteiger partial charge on any atom is -0.463 e. The maximum atomic E-state index is 12.0. The van der Waals surface area contributed by atoms with Crippen molar-refractivity contribution in [3.05, 3.63) is 24.1 Å². The highest BCUT2D eigenvalue weighted by atomic mass is 16.7. The molecule has 0 aromatic carbocycles. The molecular formula is C16H19NO5. The molecule has 0 saturated heterocycles. The molecule has 1 N–H and O–H groups in total. The van der Waals surface area contributed by atoms with E-state index in [9.17, 15) is 9.59 Å². The van der Waals surface area contributed by atoms with Crippen LogP contribution in [-0.4, -0.2) is 23.2 Å². The van der Waals surface area contributed by atoms with Crippen molar-refractivity contribution in [2.75, 3.05) is 0 Å². The van der Waals surface area contributed by atoms with E-state index in [-0.39, 0.29) is 17.6 Å². The van der Waals surface area contributed by atoms with Crippen molar-refractivity contribution in [2.24, 2.45) is 5.92 Å². The molecule has 1 atom stereocenters. The first-order valence-corrected chi connectivity index (χ1v) is 7.61. The topological polar surface area (TPSA) is 81.5 Å².